The van der Waals surface area contributed by atoms with E-state index in [4.69, 9.17) is 8.85 Å². The maximum absolute atomic E-state index is 11.3. The Morgan fingerprint density at radius 1 is 1.75 bits per heavy atom. The summed E-state index contributed by atoms with van der Waals surface area (Å²) in [4.78, 5) is 11.3. The van der Waals surface area contributed by atoms with Gasteiger partial charge < -0.3 is 4.74 Å². The van der Waals surface area contributed by atoms with E-state index >= 15 is 0 Å². The molecule has 1 atom stereocenters. The third kappa shape index (κ3) is 4.16. The predicted molar refractivity (Wildman–Crippen MR) is 49.8 cm³/mol. The van der Waals surface area contributed by atoms with Gasteiger partial charge in [0.25, 0.3) is 0 Å². The molecule has 0 aromatic carbocycles. The minimum absolute atomic E-state index is 0.0571. The maximum atomic E-state index is 11.3. The van der Waals surface area contributed by atoms with Crippen LogP contribution in [0.3, 0.4) is 0 Å². The quantitative estimate of drug-likeness (QED) is 0.482. The summed E-state index contributed by atoms with van der Waals surface area (Å²) >= 11 is 0. The molecule has 0 aliphatic heterocycles. The topological polar surface area (TPSA) is 26.3 Å². The average Bonchev–Trinajstić information content (AvgIpc) is 2.10. The van der Waals surface area contributed by atoms with Gasteiger partial charge in [-0.15, -0.1) is 0 Å². The van der Waals surface area contributed by atoms with Gasteiger partial charge in [0.15, 0.2) is 0 Å². The fourth-order valence-corrected chi connectivity index (χ4v) is 0.536. The minimum atomic E-state index is -2.10. The highest BCUT2D eigenvalue weighted by Gasteiger charge is 2.11. The van der Waals surface area contributed by atoms with Crippen LogP contribution >= 0.6 is 0 Å². The second-order valence-electron chi connectivity index (χ2n) is 2.91. The highest BCUT2D eigenvalue weighted by molar-refractivity contribution is 5.72. The molecule has 0 saturated heterocycles. The van der Waals surface area contributed by atoms with E-state index in [9.17, 15) is 4.79 Å². The first-order valence-electron chi connectivity index (χ1n) is 5.61. The van der Waals surface area contributed by atoms with Crippen LogP contribution in [0.5, 0.6) is 0 Å². The van der Waals surface area contributed by atoms with Crippen molar-refractivity contribution in [3.63, 3.8) is 0 Å². The van der Waals surface area contributed by atoms with E-state index in [0.29, 0.717) is 5.57 Å². The van der Waals surface area contributed by atoms with Gasteiger partial charge in [0.2, 0.25) is 0 Å². The minimum Gasteiger partial charge on any atom is -0.461 e. The fourth-order valence-electron chi connectivity index (χ4n) is 0.536. The molecule has 0 bridgehead atoms. The van der Waals surface area contributed by atoms with Gasteiger partial charge in [-0.25, -0.2) is 0 Å². The molecule has 12 heavy (non-hydrogen) atoms. The van der Waals surface area contributed by atoms with Crippen LogP contribution in [0.2, 0.25) is 0 Å². The fraction of sp³-hybridized carbons (Fsp3) is 0.700. The summed E-state index contributed by atoms with van der Waals surface area (Å²) in [5.41, 5.74) is 0.548. The number of hydrogen-bond acceptors (Lipinski definition) is 2. The molecular weight excluding hydrogens is 152 g/mol. The molecule has 0 rings (SSSR count). The predicted octanol–water partition coefficient (Wildman–Crippen LogP) is 2.54. The van der Waals surface area contributed by atoms with E-state index in [1.54, 1.807) is 13.8 Å². The largest absolute Gasteiger partial charge is 0.461 e. The SMILES string of the molecule is [2H]C([2H])([2H])/C=C(\C)COC(=O)C(C)CC. The van der Waals surface area contributed by atoms with Crippen molar-refractivity contribution >= 4 is 5.97 Å². The van der Waals surface area contributed by atoms with Crippen LogP contribution in [0, 0.1) is 5.92 Å². The molecular formula is C10H18O2. The molecule has 0 aromatic heterocycles. The van der Waals surface area contributed by atoms with Crippen LogP contribution in [-0.4, -0.2) is 12.6 Å². The van der Waals surface area contributed by atoms with Crippen molar-refractivity contribution < 1.29 is 13.6 Å². The van der Waals surface area contributed by atoms with E-state index in [1.807, 2.05) is 6.92 Å². The van der Waals surface area contributed by atoms with Gasteiger partial charge in [-0.05, 0) is 25.8 Å². The van der Waals surface area contributed by atoms with Gasteiger partial charge in [0, 0.05) is 4.11 Å². The van der Waals surface area contributed by atoms with E-state index < -0.39 is 6.85 Å². The zero-order valence-electron chi connectivity index (χ0n) is 10.9. The summed E-state index contributed by atoms with van der Waals surface area (Å²) in [6.45, 7) is 3.27. The third-order valence-electron chi connectivity index (χ3n) is 1.70. The molecule has 2 nitrogen and oxygen atoms in total. The molecule has 1 unspecified atom stereocenters. The Balaban J connectivity index is 4.07. The highest BCUT2D eigenvalue weighted by atomic mass is 16.5. The summed E-state index contributed by atoms with van der Waals surface area (Å²) in [5, 5.41) is 0. The monoisotopic (exact) mass is 173 g/mol. The van der Waals surface area contributed by atoms with E-state index in [1.165, 1.54) is 0 Å². The number of allylic oxidation sites excluding steroid dienone is 1. The second-order valence-corrected chi connectivity index (χ2v) is 2.91. The van der Waals surface area contributed by atoms with Gasteiger partial charge in [-0.3, -0.25) is 4.79 Å². The normalized spacial score (nSPS) is 18.9. The van der Waals surface area contributed by atoms with Crippen LogP contribution in [0.4, 0.5) is 0 Å². The van der Waals surface area contributed by atoms with Gasteiger partial charge in [-0.1, -0.05) is 19.9 Å². The number of ether oxygens (including phenoxy) is 1. The maximum Gasteiger partial charge on any atom is 0.308 e. The second kappa shape index (κ2) is 5.81. The zero-order chi connectivity index (χ0) is 12.1. The molecule has 0 aliphatic rings. The number of esters is 1. The van der Waals surface area contributed by atoms with Crippen LogP contribution in [0.1, 0.15) is 38.2 Å². The molecule has 2 heteroatoms. The molecule has 70 valence electrons. The third-order valence-corrected chi connectivity index (χ3v) is 1.70. The summed E-state index contributed by atoms with van der Waals surface area (Å²) in [6, 6.07) is 0. The van der Waals surface area contributed by atoms with Gasteiger partial charge in [0.05, 0.1) is 5.92 Å². The van der Waals surface area contributed by atoms with Crippen LogP contribution < -0.4 is 0 Å². The molecule has 0 saturated carbocycles. The Hall–Kier alpha value is -0.790. The lowest BCUT2D eigenvalue weighted by Gasteiger charge is -2.08. The Morgan fingerprint density at radius 2 is 2.42 bits per heavy atom. The Labute approximate surface area is 78.8 Å². The smallest absolute Gasteiger partial charge is 0.308 e. The number of carbonyl (C=O) groups excluding carboxylic acids is 1. The number of hydrogen-bond donors (Lipinski definition) is 0. The number of rotatable bonds is 4. The van der Waals surface area contributed by atoms with Gasteiger partial charge in [0.1, 0.15) is 6.61 Å². The zero-order valence-corrected chi connectivity index (χ0v) is 7.89. The lowest BCUT2D eigenvalue weighted by Crippen LogP contribution is -2.14. The van der Waals surface area contributed by atoms with Crippen molar-refractivity contribution in [3.8, 4) is 0 Å². The molecule has 0 aromatic rings. The summed E-state index contributed by atoms with van der Waals surface area (Å²) in [6.07, 6.45) is 1.86. The lowest BCUT2D eigenvalue weighted by molar-refractivity contribution is -0.147. The highest BCUT2D eigenvalue weighted by Crippen LogP contribution is 2.04. The van der Waals surface area contributed by atoms with Crippen molar-refractivity contribution in [2.45, 2.75) is 34.0 Å². The Morgan fingerprint density at radius 3 is 2.92 bits per heavy atom. The van der Waals surface area contributed by atoms with Crippen molar-refractivity contribution in [2.75, 3.05) is 6.61 Å². The van der Waals surface area contributed by atoms with E-state index in [2.05, 4.69) is 0 Å². The number of carbonyl (C=O) groups is 1. The summed E-state index contributed by atoms with van der Waals surface area (Å²) in [5.74, 6) is -0.415. The molecule has 0 fully saturated rings. The lowest BCUT2D eigenvalue weighted by atomic mass is 10.1. The molecule has 0 amide bonds. The van der Waals surface area contributed by atoms with Crippen LogP contribution in [-0.2, 0) is 9.53 Å². The average molecular weight is 173 g/mol. The first kappa shape index (κ1) is 6.70. The van der Waals surface area contributed by atoms with Crippen LogP contribution in [0.25, 0.3) is 0 Å². The molecule has 0 radical (unpaired) electrons. The van der Waals surface area contributed by atoms with Crippen molar-refractivity contribution in [1.82, 2.24) is 0 Å². The molecule has 0 N–H and O–H groups in total. The van der Waals surface area contributed by atoms with Crippen molar-refractivity contribution in [1.29, 1.82) is 0 Å². The summed E-state index contributed by atoms with van der Waals surface area (Å²) < 4.78 is 25.9. The summed E-state index contributed by atoms with van der Waals surface area (Å²) in [7, 11) is 0. The van der Waals surface area contributed by atoms with Crippen LogP contribution in [0.15, 0.2) is 11.6 Å². The van der Waals surface area contributed by atoms with Crippen molar-refractivity contribution in [2.24, 2.45) is 5.92 Å². The Bertz CT molecular complexity index is 244. The first-order chi connectivity index (χ1) is 6.76. The molecule has 0 aliphatic carbocycles. The van der Waals surface area contributed by atoms with Gasteiger partial charge in [-0.2, -0.15) is 0 Å². The standard InChI is InChI=1S/C10H18O2/c1-5-8(3)7-12-10(11)9(4)6-2/h5,9H,6-7H2,1-4H3/b8-5+/i1D3. The molecule has 0 heterocycles. The first-order valence-corrected chi connectivity index (χ1v) is 4.11. The van der Waals surface area contributed by atoms with E-state index in [-0.39, 0.29) is 18.5 Å². The Kier molecular flexibility index (Phi) is 3.24. The van der Waals surface area contributed by atoms with Crippen molar-refractivity contribution in [3.05, 3.63) is 11.6 Å². The molecule has 0 spiro atoms. The van der Waals surface area contributed by atoms with E-state index in [0.717, 1.165) is 12.5 Å². The van der Waals surface area contributed by atoms with Gasteiger partial charge >= 0.3 is 5.97 Å².